The van der Waals surface area contributed by atoms with Crippen molar-refractivity contribution in [2.45, 2.75) is 17.5 Å². The number of halogens is 3. The zero-order chi connectivity index (χ0) is 17.8. The van der Waals surface area contributed by atoms with Crippen LogP contribution in [0.4, 0.5) is 4.39 Å². The van der Waals surface area contributed by atoms with E-state index in [2.05, 4.69) is 16.8 Å². The molecule has 0 radical (unpaired) electrons. The molecule has 0 bridgehead atoms. The van der Waals surface area contributed by atoms with Crippen LogP contribution < -0.4 is 0 Å². The molecule has 3 aromatic rings. The summed E-state index contributed by atoms with van der Waals surface area (Å²) in [6, 6.07) is 11.6. The molecular weight excluding hydrogens is 380 g/mol. The van der Waals surface area contributed by atoms with Crippen molar-refractivity contribution in [3.8, 4) is 11.4 Å². The summed E-state index contributed by atoms with van der Waals surface area (Å²) in [5.41, 5.74) is 1.64. The van der Waals surface area contributed by atoms with Gasteiger partial charge in [-0.3, -0.25) is 4.57 Å². The maximum atomic E-state index is 13.2. The first-order valence-corrected chi connectivity index (χ1v) is 9.20. The van der Waals surface area contributed by atoms with E-state index in [4.69, 9.17) is 23.2 Å². The van der Waals surface area contributed by atoms with Gasteiger partial charge in [0.25, 0.3) is 0 Å². The van der Waals surface area contributed by atoms with Gasteiger partial charge in [0.05, 0.1) is 0 Å². The highest BCUT2D eigenvalue weighted by Gasteiger charge is 2.15. The second-order valence-electron chi connectivity index (χ2n) is 5.20. The molecular formula is C18H14Cl2FN3S. The van der Waals surface area contributed by atoms with E-state index in [1.54, 1.807) is 18.2 Å². The molecule has 0 saturated carbocycles. The maximum absolute atomic E-state index is 13.2. The molecule has 3 rings (SSSR count). The van der Waals surface area contributed by atoms with Gasteiger partial charge < -0.3 is 0 Å². The zero-order valence-corrected chi connectivity index (χ0v) is 15.5. The van der Waals surface area contributed by atoms with E-state index in [1.807, 2.05) is 22.8 Å². The Balaban J connectivity index is 1.89. The predicted molar refractivity (Wildman–Crippen MR) is 102 cm³/mol. The summed E-state index contributed by atoms with van der Waals surface area (Å²) < 4.78 is 15.1. The van der Waals surface area contributed by atoms with Gasteiger partial charge in [-0.1, -0.05) is 47.1 Å². The Morgan fingerprint density at radius 2 is 1.76 bits per heavy atom. The lowest BCUT2D eigenvalue weighted by molar-refractivity contribution is 0.628. The SMILES string of the molecule is C=CCn1c(SCc2c(Cl)cccc2Cl)nnc1-c1ccc(F)cc1. The number of benzene rings is 2. The van der Waals surface area contributed by atoms with Gasteiger partial charge in [0.1, 0.15) is 5.82 Å². The average molecular weight is 394 g/mol. The molecule has 3 nitrogen and oxygen atoms in total. The average Bonchev–Trinajstić information content (AvgIpc) is 2.98. The van der Waals surface area contributed by atoms with Crippen LogP contribution in [0, 0.1) is 5.82 Å². The summed E-state index contributed by atoms with van der Waals surface area (Å²) >= 11 is 13.9. The smallest absolute Gasteiger partial charge is 0.192 e. The third-order valence-electron chi connectivity index (χ3n) is 3.54. The van der Waals surface area contributed by atoms with Gasteiger partial charge >= 0.3 is 0 Å². The summed E-state index contributed by atoms with van der Waals surface area (Å²) in [4.78, 5) is 0. The van der Waals surface area contributed by atoms with Crippen LogP contribution in [0.2, 0.25) is 10.0 Å². The quantitative estimate of drug-likeness (QED) is 0.387. The van der Waals surface area contributed by atoms with Crippen molar-refractivity contribution in [1.29, 1.82) is 0 Å². The van der Waals surface area contributed by atoms with Crippen LogP contribution in [0.3, 0.4) is 0 Å². The normalized spacial score (nSPS) is 10.8. The standard InChI is InChI=1S/C18H14Cl2FN3S/c1-2-10-24-17(12-6-8-13(21)9-7-12)22-23-18(24)25-11-14-15(19)4-3-5-16(14)20/h2-9H,1,10-11H2. The van der Waals surface area contributed by atoms with Gasteiger partial charge in [-0.05, 0) is 42.0 Å². The molecule has 0 N–H and O–H groups in total. The predicted octanol–water partition coefficient (Wildman–Crippen LogP) is 5.87. The largest absolute Gasteiger partial charge is 0.298 e. The molecule has 0 fully saturated rings. The van der Waals surface area contributed by atoms with Gasteiger partial charge in [0.2, 0.25) is 0 Å². The number of hydrogen-bond donors (Lipinski definition) is 0. The van der Waals surface area contributed by atoms with E-state index in [1.165, 1.54) is 23.9 Å². The molecule has 0 atom stereocenters. The Kier molecular flexibility index (Phi) is 5.78. The van der Waals surface area contributed by atoms with Crippen molar-refractivity contribution >= 4 is 35.0 Å². The molecule has 0 amide bonds. The Morgan fingerprint density at radius 1 is 1.08 bits per heavy atom. The van der Waals surface area contributed by atoms with Gasteiger partial charge in [0, 0.05) is 27.9 Å². The topological polar surface area (TPSA) is 30.7 Å². The second-order valence-corrected chi connectivity index (χ2v) is 6.96. The van der Waals surface area contributed by atoms with E-state index < -0.39 is 0 Å². The van der Waals surface area contributed by atoms with Crippen molar-refractivity contribution in [1.82, 2.24) is 14.8 Å². The molecule has 2 aromatic carbocycles. The minimum absolute atomic E-state index is 0.290. The minimum atomic E-state index is -0.290. The van der Waals surface area contributed by atoms with E-state index in [0.717, 1.165) is 16.3 Å². The fourth-order valence-electron chi connectivity index (χ4n) is 2.31. The van der Waals surface area contributed by atoms with Gasteiger partial charge in [-0.15, -0.1) is 16.8 Å². The van der Waals surface area contributed by atoms with Crippen molar-refractivity contribution < 1.29 is 4.39 Å². The van der Waals surface area contributed by atoms with Gasteiger partial charge in [-0.2, -0.15) is 0 Å². The summed E-state index contributed by atoms with van der Waals surface area (Å²) in [7, 11) is 0. The Labute approximate surface area is 159 Å². The molecule has 0 aliphatic rings. The van der Waals surface area contributed by atoms with Crippen molar-refractivity contribution in [3.63, 3.8) is 0 Å². The first-order valence-electron chi connectivity index (χ1n) is 7.46. The highest BCUT2D eigenvalue weighted by molar-refractivity contribution is 7.98. The zero-order valence-electron chi connectivity index (χ0n) is 13.1. The second kappa shape index (κ2) is 8.04. The minimum Gasteiger partial charge on any atom is -0.298 e. The molecule has 0 aliphatic carbocycles. The highest BCUT2D eigenvalue weighted by atomic mass is 35.5. The summed E-state index contributed by atoms with van der Waals surface area (Å²) in [6.07, 6.45) is 1.77. The summed E-state index contributed by atoms with van der Waals surface area (Å²) in [5, 5.41) is 10.5. The molecule has 7 heteroatoms. The monoisotopic (exact) mass is 393 g/mol. The van der Waals surface area contributed by atoms with Crippen LogP contribution in [-0.2, 0) is 12.3 Å². The van der Waals surface area contributed by atoms with Crippen LogP contribution in [0.25, 0.3) is 11.4 Å². The molecule has 0 aliphatic heterocycles. The lowest BCUT2D eigenvalue weighted by Gasteiger charge is -2.09. The number of aromatic nitrogens is 3. The van der Waals surface area contributed by atoms with E-state index >= 15 is 0 Å². The molecule has 0 spiro atoms. The third kappa shape index (κ3) is 4.06. The number of rotatable bonds is 6. The summed E-state index contributed by atoms with van der Waals surface area (Å²) in [6.45, 7) is 4.32. The van der Waals surface area contributed by atoms with Crippen molar-refractivity contribution in [2.24, 2.45) is 0 Å². The Morgan fingerprint density at radius 3 is 2.40 bits per heavy atom. The lowest BCUT2D eigenvalue weighted by Crippen LogP contribution is -2.01. The molecule has 1 aromatic heterocycles. The van der Waals surface area contributed by atoms with Crippen molar-refractivity contribution in [2.75, 3.05) is 0 Å². The highest BCUT2D eigenvalue weighted by Crippen LogP contribution is 2.32. The van der Waals surface area contributed by atoms with Crippen LogP contribution in [0.15, 0.2) is 60.3 Å². The third-order valence-corrected chi connectivity index (χ3v) is 5.24. The molecule has 25 heavy (non-hydrogen) atoms. The first-order chi connectivity index (χ1) is 12.1. The van der Waals surface area contributed by atoms with Crippen molar-refractivity contribution in [3.05, 3.63) is 76.5 Å². The number of nitrogens with zero attached hydrogens (tertiary/aromatic N) is 3. The fourth-order valence-corrected chi connectivity index (χ4v) is 4.00. The number of hydrogen-bond acceptors (Lipinski definition) is 3. The Bertz CT molecular complexity index is 874. The van der Waals surface area contributed by atoms with Crippen LogP contribution in [-0.4, -0.2) is 14.8 Å². The number of allylic oxidation sites excluding steroid dienone is 1. The number of thioether (sulfide) groups is 1. The van der Waals surface area contributed by atoms with E-state index in [0.29, 0.717) is 28.2 Å². The van der Waals surface area contributed by atoms with Crippen LogP contribution in [0.5, 0.6) is 0 Å². The Hall–Kier alpha value is -1.82. The van der Waals surface area contributed by atoms with Gasteiger partial charge in [-0.25, -0.2) is 4.39 Å². The maximum Gasteiger partial charge on any atom is 0.192 e. The molecule has 0 saturated heterocycles. The fraction of sp³-hybridized carbons (Fsp3) is 0.111. The molecule has 128 valence electrons. The van der Waals surface area contributed by atoms with E-state index in [-0.39, 0.29) is 5.82 Å². The first kappa shape index (κ1) is 18.0. The molecule has 1 heterocycles. The van der Waals surface area contributed by atoms with Crippen LogP contribution in [0.1, 0.15) is 5.56 Å². The van der Waals surface area contributed by atoms with Gasteiger partial charge in [0.15, 0.2) is 11.0 Å². The summed E-state index contributed by atoms with van der Waals surface area (Å²) in [5.74, 6) is 0.936. The molecule has 0 unspecified atom stereocenters. The van der Waals surface area contributed by atoms with E-state index in [9.17, 15) is 4.39 Å². The van der Waals surface area contributed by atoms with Crippen LogP contribution >= 0.6 is 35.0 Å². The lowest BCUT2D eigenvalue weighted by atomic mass is 10.2.